The van der Waals surface area contributed by atoms with E-state index in [2.05, 4.69) is 65.8 Å². The van der Waals surface area contributed by atoms with Gasteiger partial charge in [0.2, 0.25) is 0 Å². The summed E-state index contributed by atoms with van der Waals surface area (Å²) in [7, 11) is 0. The van der Waals surface area contributed by atoms with E-state index in [4.69, 9.17) is 0 Å². The Morgan fingerprint density at radius 2 is 0.943 bits per heavy atom. The first kappa shape index (κ1) is 24.4. The van der Waals surface area contributed by atoms with Crippen LogP contribution in [0.15, 0.2) is 91.0 Å². The van der Waals surface area contributed by atoms with E-state index in [-0.39, 0.29) is 21.4 Å². The van der Waals surface area contributed by atoms with Crippen molar-refractivity contribution in [3.05, 3.63) is 112 Å². The second-order valence-electron chi connectivity index (χ2n) is 11.2. The zero-order valence-electron chi connectivity index (χ0n) is 21.4. The monoisotopic (exact) mass is 463 g/mol. The molecule has 0 aliphatic rings. The molecule has 35 heavy (non-hydrogen) atoms. The summed E-state index contributed by atoms with van der Waals surface area (Å²) in [4.78, 5) is 12.3. The average Bonchev–Trinajstić information content (AvgIpc) is 2.83. The standard InChI is InChI=1S/C32H33NO2/c1-31(2,3)26-16-12-23(13-17-26)28-20-25(22-10-8-7-9-11-22)21-29(30(28)33(34)35)24-14-18-27(19-15-24)32(4,5)6/h7-21H,1-6H3. The Hall–Kier alpha value is -3.72. The molecule has 4 aromatic rings. The lowest BCUT2D eigenvalue weighted by atomic mass is 9.84. The van der Waals surface area contributed by atoms with Gasteiger partial charge in [0, 0.05) is 0 Å². The quantitative estimate of drug-likeness (QED) is 0.224. The van der Waals surface area contributed by atoms with E-state index in [1.807, 2.05) is 66.7 Å². The van der Waals surface area contributed by atoms with Gasteiger partial charge in [-0.15, -0.1) is 0 Å². The first-order chi connectivity index (χ1) is 16.4. The maximum Gasteiger partial charge on any atom is 0.284 e. The lowest BCUT2D eigenvalue weighted by Crippen LogP contribution is -2.10. The van der Waals surface area contributed by atoms with Crippen molar-refractivity contribution < 1.29 is 4.92 Å². The first-order valence-corrected chi connectivity index (χ1v) is 12.0. The Morgan fingerprint density at radius 3 is 1.29 bits per heavy atom. The van der Waals surface area contributed by atoms with E-state index in [1.165, 1.54) is 11.1 Å². The maximum absolute atomic E-state index is 12.5. The Kier molecular flexibility index (Phi) is 6.38. The lowest BCUT2D eigenvalue weighted by Gasteiger charge is -2.20. The number of benzene rings is 4. The van der Waals surface area contributed by atoms with Crippen molar-refractivity contribution in [3.8, 4) is 33.4 Å². The molecule has 0 heterocycles. The molecule has 0 atom stereocenters. The molecule has 3 heteroatoms. The van der Waals surface area contributed by atoms with E-state index in [9.17, 15) is 10.1 Å². The summed E-state index contributed by atoms with van der Waals surface area (Å²) in [6.45, 7) is 13.0. The van der Waals surface area contributed by atoms with Crippen LogP contribution in [0.4, 0.5) is 5.69 Å². The van der Waals surface area contributed by atoms with Crippen LogP contribution in [0, 0.1) is 10.1 Å². The Morgan fingerprint density at radius 1 is 0.543 bits per heavy atom. The third kappa shape index (κ3) is 5.19. The van der Waals surface area contributed by atoms with Gasteiger partial charge in [0.25, 0.3) is 5.69 Å². The highest BCUT2D eigenvalue weighted by atomic mass is 16.6. The van der Waals surface area contributed by atoms with Crippen molar-refractivity contribution in [2.75, 3.05) is 0 Å². The highest BCUT2D eigenvalue weighted by Crippen LogP contribution is 2.43. The van der Waals surface area contributed by atoms with Gasteiger partial charge in [-0.25, -0.2) is 0 Å². The summed E-state index contributed by atoms with van der Waals surface area (Å²) in [6, 6.07) is 30.3. The SMILES string of the molecule is CC(C)(C)c1ccc(-c2cc(-c3ccccc3)cc(-c3ccc(C(C)(C)C)cc3)c2[N+](=O)[O-])cc1. The maximum atomic E-state index is 12.5. The van der Waals surface area contributed by atoms with Gasteiger partial charge in [0.1, 0.15) is 0 Å². The Balaban J connectivity index is 1.97. The van der Waals surface area contributed by atoms with Gasteiger partial charge in [-0.3, -0.25) is 10.1 Å². The van der Waals surface area contributed by atoms with Gasteiger partial charge in [0.05, 0.1) is 16.1 Å². The van der Waals surface area contributed by atoms with Crippen LogP contribution in [0.25, 0.3) is 33.4 Å². The molecule has 0 unspecified atom stereocenters. The predicted octanol–water partition coefficient (Wildman–Crippen LogP) is 9.19. The van der Waals surface area contributed by atoms with Crippen molar-refractivity contribution in [1.82, 2.24) is 0 Å². The lowest BCUT2D eigenvalue weighted by molar-refractivity contribution is -0.383. The highest BCUT2D eigenvalue weighted by molar-refractivity contribution is 5.91. The summed E-state index contributed by atoms with van der Waals surface area (Å²) >= 11 is 0. The molecule has 0 aromatic heterocycles. The normalized spacial score (nSPS) is 11.9. The van der Waals surface area contributed by atoms with Gasteiger partial charge in [0.15, 0.2) is 0 Å². The average molecular weight is 464 g/mol. The molecule has 0 radical (unpaired) electrons. The summed E-state index contributed by atoms with van der Waals surface area (Å²) in [5.74, 6) is 0. The molecule has 0 saturated heterocycles. The highest BCUT2D eigenvalue weighted by Gasteiger charge is 2.25. The molecule has 4 rings (SSSR count). The third-order valence-electron chi connectivity index (χ3n) is 6.52. The van der Waals surface area contributed by atoms with E-state index in [1.54, 1.807) is 0 Å². The molecule has 0 amide bonds. The van der Waals surface area contributed by atoms with E-state index in [0.717, 1.165) is 22.3 Å². The molecule has 0 saturated carbocycles. The van der Waals surface area contributed by atoms with E-state index < -0.39 is 0 Å². The molecule has 0 aliphatic heterocycles. The van der Waals surface area contributed by atoms with Crippen LogP contribution in [0.5, 0.6) is 0 Å². The fourth-order valence-electron chi connectivity index (χ4n) is 4.37. The van der Waals surface area contributed by atoms with Crippen molar-refractivity contribution in [2.45, 2.75) is 52.4 Å². The van der Waals surface area contributed by atoms with E-state index in [0.29, 0.717) is 11.1 Å². The zero-order chi connectivity index (χ0) is 25.4. The fraction of sp³-hybridized carbons (Fsp3) is 0.250. The largest absolute Gasteiger partial charge is 0.284 e. The Labute approximate surface area is 208 Å². The van der Waals surface area contributed by atoms with Crippen molar-refractivity contribution >= 4 is 5.69 Å². The summed E-state index contributed by atoms with van der Waals surface area (Å²) in [6.07, 6.45) is 0. The van der Waals surface area contributed by atoms with Crippen LogP contribution in [0.1, 0.15) is 52.7 Å². The zero-order valence-corrected chi connectivity index (χ0v) is 21.4. The molecule has 0 N–H and O–H groups in total. The van der Waals surface area contributed by atoms with Gasteiger partial charge in [-0.05, 0) is 56.3 Å². The molecular weight excluding hydrogens is 430 g/mol. The fourth-order valence-corrected chi connectivity index (χ4v) is 4.37. The first-order valence-electron chi connectivity index (χ1n) is 12.0. The second kappa shape index (κ2) is 9.14. The van der Waals surface area contributed by atoms with Gasteiger partial charge in [-0.1, -0.05) is 120 Å². The number of nitro benzene ring substituents is 1. The summed E-state index contributed by atoms with van der Waals surface area (Å²) in [5, 5.41) is 12.5. The van der Waals surface area contributed by atoms with Crippen LogP contribution in [0.2, 0.25) is 0 Å². The minimum Gasteiger partial charge on any atom is -0.258 e. The van der Waals surface area contributed by atoms with Crippen LogP contribution in [0.3, 0.4) is 0 Å². The van der Waals surface area contributed by atoms with E-state index >= 15 is 0 Å². The topological polar surface area (TPSA) is 43.1 Å². The molecular formula is C32H33NO2. The van der Waals surface area contributed by atoms with Crippen molar-refractivity contribution in [2.24, 2.45) is 0 Å². The molecule has 0 bridgehead atoms. The molecule has 3 nitrogen and oxygen atoms in total. The summed E-state index contributed by atoms with van der Waals surface area (Å²) in [5.41, 5.74) is 7.48. The Bertz CT molecular complexity index is 1260. The van der Waals surface area contributed by atoms with Crippen LogP contribution in [-0.4, -0.2) is 4.92 Å². The molecule has 0 spiro atoms. The van der Waals surface area contributed by atoms with Crippen LogP contribution < -0.4 is 0 Å². The molecule has 0 fully saturated rings. The minimum atomic E-state index is -0.241. The minimum absolute atomic E-state index is 0.0102. The summed E-state index contributed by atoms with van der Waals surface area (Å²) < 4.78 is 0. The van der Waals surface area contributed by atoms with Gasteiger partial charge in [-0.2, -0.15) is 0 Å². The molecule has 4 aromatic carbocycles. The number of nitro groups is 1. The van der Waals surface area contributed by atoms with Crippen LogP contribution in [-0.2, 0) is 10.8 Å². The van der Waals surface area contributed by atoms with Gasteiger partial charge < -0.3 is 0 Å². The molecule has 178 valence electrons. The van der Waals surface area contributed by atoms with Gasteiger partial charge >= 0.3 is 0 Å². The number of hydrogen-bond acceptors (Lipinski definition) is 2. The predicted molar refractivity (Wildman–Crippen MR) is 147 cm³/mol. The second-order valence-corrected chi connectivity index (χ2v) is 11.2. The van der Waals surface area contributed by atoms with Crippen molar-refractivity contribution in [3.63, 3.8) is 0 Å². The van der Waals surface area contributed by atoms with Crippen molar-refractivity contribution in [1.29, 1.82) is 0 Å². The number of hydrogen-bond donors (Lipinski definition) is 0. The number of rotatable bonds is 4. The van der Waals surface area contributed by atoms with Crippen LogP contribution >= 0.6 is 0 Å². The number of nitrogens with zero attached hydrogens (tertiary/aromatic N) is 1. The molecule has 0 aliphatic carbocycles. The third-order valence-corrected chi connectivity index (χ3v) is 6.52. The smallest absolute Gasteiger partial charge is 0.258 e.